The van der Waals surface area contributed by atoms with Crippen LogP contribution in [0.2, 0.25) is 0 Å². The van der Waals surface area contributed by atoms with Crippen molar-refractivity contribution in [2.24, 2.45) is 0 Å². The van der Waals surface area contributed by atoms with Crippen molar-refractivity contribution < 1.29 is 19.2 Å². The number of carbonyl (C=O) groups excluding carboxylic acids is 2. The van der Waals surface area contributed by atoms with Gasteiger partial charge in [-0.05, 0) is 36.8 Å². The van der Waals surface area contributed by atoms with Gasteiger partial charge in [0.15, 0.2) is 0 Å². The summed E-state index contributed by atoms with van der Waals surface area (Å²) in [7, 11) is 0. The number of benzene rings is 2. The zero-order chi connectivity index (χ0) is 18.2. The van der Waals surface area contributed by atoms with Gasteiger partial charge in [0, 0.05) is 17.8 Å². The van der Waals surface area contributed by atoms with Crippen LogP contribution in [0.25, 0.3) is 0 Å². The Bertz CT molecular complexity index is 747. The van der Waals surface area contributed by atoms with Crippen molar-refractivity contribution in [3.63, 3.8) is 0 Å². The number of hydrogen-bond acceptors (Lipinski definition) is 5. The molecule has 0 bridgehead atoms. The van der Waals surface area contributed by atoms with Gasteiger partial charge in [-0.2, -0.15) is 0 Å². The molecule has 0 spiro atoms. The van der Waals surface area contributed by atoms with E-state index < -0.39 is 23.0 Å². The van der Waals surface area contributed by atoms with Gasteiger partial charge in [0.25, 0.3) is 5.69 Å². The van der Waals surface area contributed by atoms with Gasteiger partial charge in [-0.3, -0.25) is 10.1 Å². The number of para-hydroxylation sites is 1. The smallest absolute Gasteiger partial charge is 0.328 e. The van der Waals surface area contributed by atoms with Crippen LogP contribution in [0.4, 0.5) is 16.2 Å². The second kappa shape index (κ2) is 8.44. The van der Waals surface area contributed by atoms with Crippen LogP contribution < -0.4 is 10.6 Å². The Kier molecular flexibility index (Phi) is 6.05. The molecular formula is C17H17N3O5. The van der Waals surface area contributed by atoms with Gasteiger partial charge in [-0.1, -0.05) is 18.2 Å². The Labute approximate surface area is 144 Å². The van der Waals surface area contributed by atoms with Crippen LogP contribution in [0.15, 0.2) is 54.6 Å². The molecule has 2 N–H and O–H groups in total. The average molecular weight is 343 g/mol. The minimum atomic E-state index is -0.846. The molecule has 0 aliphatic carbocycles. The third-order valence-corrected chi connectivity index (χ3v) is 3.26. The number of non-ortho nitro benzene ring substituents is 1. The Morgan fingerprint density at radius 3 is 2.36 bits per heavy atom. The highest BCUT2D eigenvalue weighted by Crippen LogP contribution is 2.12. The van der Waals surface area contributed by atoms with Crippen LogP contribution in [0, 0.1) is 10.1 Å². The van der Waals surface area contributed by atoms with Crippen molar-refractivity contribution in [1.82, 2.24) is 5.32 Å². The summed E-state index contributed by atoms with van der Waals surface area (Å²) in [5, 5.41) is 15.6. The second-order valence-corrected chi connectivity index (χ2v) is 5.22. The molecule has 2 amide bonds. The fourth-order valence-corrected chi connectivity index (χ4v) is 1.94. The van der Waals surface area contributed by atoms with Crippen LogP contribution in [-0.4, -0.2) is 23.0 Å². The summed E-state index contributed by atoms with van der Waals surface area (Å²) >= 11 is 0. The Hall–Kier alpha value is -3.42. The molecule has 0 radical (unpaired) electrons. The van der Waals surface area contributed by atoms with E-state index in [1.807, 2.05) is 6.07 Å². The third kappa shape index (κ3) is 5.61. The number of hydrogen-bond donors (Lipinski definition) is 2. The zero-order valence-electron chi connectivity index (χ0n) is 13.5. The van der Waals surface area contributed by atoms with E-state index in [4.69, 9.17) is 4.74 Å². The van der Waals surface area contributed by atoms with Crippen molar-refractivity contribution in [3.8, 4) is 0 Å². The molecule has 0 unspecified atom stereocenters. The number of nitrogens with one attached hydrogen (secondary N) is 2. The number of nitro groups is 1. The number of carbonyl (C=O) groups is 2. The van der Waals surface area contributed by atoms with Crippen molar-refractivity contribution in [1.29, 1.82) is 0 Å². The van der Waals surface area contributed by atoms with Crippen molar-refractivity contribution in [2.45, 2.75) is 19.6 Å². The minimum absolute atomic E-state index is 0.0385. The molecule has 0 fully saturated rings. The lowest BCUT2D eigenvalue weighted by Gasteiger charge is -2.14. The van der Waals surface area contributed by atoms with Gasteiger partial charge >= 0.3 is 12.0 Å². The van der Waals surface area contributed by atoms with Gasteiger partial charge in [0.1, 0.15) is 12.6 Å². The molecule has 0 aliphatic heterocycles. The monoisotopic (exact) mass is 343 g/mol. The molecule has 2 aromatic rings. The molecule has 0 heterocycles. The highest BCUT2D eigenvalue weighted by molar-refractivity contribution is 5.92. The molecule has 8 heteroatoms. The summed E-state index contributed by atoms with van der Waals surface area (Å²) in [6.45, 7) is 1.46. The van der Waals surface area contributed by atoms with Gasteiger partial charge in [0.2, 0.25) is 0 Å². The lowest BCUT2D eigenvalue weighted by molar-refractivity contribution is -0.384. The third-order valence-electron chi connectivity index (χ3n) is 3.26. The fourth-order valence-electron chi connectivity index (χ4n) is 1.94. The molecule has 1 atom stereocenters. The number of anilines is 1. The lowest BCUT2D eigenvalue weighted by atomic mass is 10.2. The first kappa shape index (κ1) is 17.9. The first-order valence-electron chi connectivity index (χ1n) is 7.48. The van der Waals surface area contributed by atoms with E-state index in [1.165, 1.54) is 31.2 Å². The van der Waals surface area contributed by atoms with Crippen LogP contribution in [0.1, 0.15) is 12.5 Å². The number of rotatable bonds is 6. The summed E-state index contributed by atoms with van der Waals surface area (Å²) in [4.78, 5) is 33.8. The van der Waals surface area contributed by atoms with Gasteiger partial charge in [-0.15, -0.1) is 0 Å². The van der Waals surface area contributed by atoms with Crippen molar-refractivity contribution >= 4 is 23.4 Å². The van der Waals surface area contributed by atoms with E-state index in [0.717, 1.165) is 0 Å². The summed E-state index contributed by atoms with van der Waals surface area (Å²) in [6.07, 6.45) is 0. The first-order valence-corrected chi connectivity index (χ1v) is 7.48. The molecule has 0 aliphatic rings. The van der Waals surface area contributed by atoms with Crippen molar-refractivity contribution in [2.75, 3.05) is 5.32 Å². The number of urea groups is 1. The molecule has 0 aromatic heterocycles. The molecule has 25 heavy (non-hydrogen) atoms. The second-order valence-electron chi connectivity index (χ2n) is 5.22. The normalized spacial score (nSPS) is 11.2. The molecule has 0 saturated carbocycles. The largest absolute Gasteiger partial charge is 0.459 e. The van der Waals surface area contributed by atoms with E-state index in [1.54, 1.807) is 24.3 Å². The lowest BCUT2D eigenvalue weighted by Crippen LogP contribution is -2.41. The first-order chi connectivity index (χ1) is 12.0. The van der Waals surface area contributed by atoms with E-state index in [-0.39, 0.29) is 12.3 Å². The van der Waals surface area contributed by atoms with Gasteiger partial charge in [-0.25, -0.2) is 9.59 Å². The predicted molar refractivity (Wildman–Crippen MR) is 91.0 cm³/mol. The topological polar surface area (TPSA) is 111 Å². The molecule has 8 nitrogen and oxygen atoms in total. The molecule has 2 rings (SSSR count). The molecule has 130 valence electrons. The molecule has 2 aromatic carbocycles. The number of ether oxygens (including phenoxy) is 1. The van der Waals surface area contributed by atoms with Gasteiger partial charge < -0.3 is 15.4 Å². The Morgan fingerprint density at radius 1 is 1.12 bits per heavy atom. The van der Waals surface area contributed by atoms with Crippen LogP contribution in [0.3, 0.4) is 0 Å². The summed E-state index contributed by atoms with van der Waals surface area (Å²) in [5.41, 5.74) is 1.18. The average Bonchev–Trinajstić information content (AvgIpc) is 2.60. The minimum Gasteiger partial charge on any atom is -0.459 e. The highest BCUT2D eigenvalue weighted by Gasteiger charge is 2.17. The number of nitrogens with zero attached hydrogens (tertiary/aromatic N) is 1. The Balaban J connectivity index is 1.79. The van der Waals surface area contributed by atoms with E-state index >= 15 is 0 Å². The maximum absolute atomic E-state index is 11.9. The van der Waals surface area contributed by atoms with E-state index in [9.17, 15) is 19.7 Å². The summed E-state index contributed by atoms with van der Waals surface area (Å²) in [5.74, 6) is -0.610. The van der Waals surface area contributed by atoms with Crippen LogP contribution in [0.5, 0.6) is 0 Å². The number of amides is 2. The van der Waals surface area contributed by atoms with Crippen LogP contribution in [-0.2, 0) is 16.1 Å². The Morgan fingerprint density at radius 2 is 1.76 bits per heavy atom. The van der Waals surface area contributed by atoms with Crippen molar-refractivity contribution in [3.05, 3.63) is 70.3 Å². The summed E-state index contributed by atoms with van der Waals surface area (Å²) in [6, 6.07) is 13.1. The standard InChI is InChI=1S/C17H17N3O5/c1-12(18-17(22)19-14-5-3-2-4-6-14)16(21)25-11-13-7-9-15(10-8-13)20(23)24/h2-10,12H,11H2,1H3,(H2,18,19,22)/t12-/m0/s1. The number of esters is 1. The maximum Gasteiger partial charge on any atom is 0.328 e. The fraction of sp³-hybridized carbons (Fsp3) is 0.176. The van der Waals surface area contributed by atoms with E-state index in [2.05, 4.69) is 10.6 Å². The quantitative estimate of drug-likeness (QED) is 0.476. The zero-order valence-corrected chi connectivity index (χ0v) is 13.5. The number of nitro benzene ring substituents is 1. The van der Waals surface area contributed by atoms with E-state index in [0.29, 0.717) is 11.3 Å². The predicted octanol–water partition coefficient (Wildman–Crippen LogP) is 2.85. The SMILES string of the molecule is C[C@H](NC(=O)Nc1ccccc1)C(=O)OCc1ccc([N+](=O)[O-])cc1. The molecule has 0 saturated heterocycles. The maximum atomic E-state index is 11.9. The highest BCUT2D eigenvalue weighted by atomic mass is 16.6. The van der Waals surface area contributed by atoms with Crippen LogP contribution >= 0.6 is 0 Å². The molecular weight excluding hydrogens is 326 g/mol. The van der Waals surface area contributed by atoms with Gasteiger partial charge in [0.05, 0.1) is 4.92 Å². The summed E-state index contributed by atoms with van der Waals surface area (Å²) < 4.78 is 5.09.